The number of para-hydroxylation sites is 1. The van der Waals surface area contributed by atoms with Crippen LogP contribution in [-0.4, -0.2) is 22.6 Å². The number of aromatic amines is 1. The zero-order chi connectivity index (χ0) is 23.1. The molecule has 0 aliphatic rings. The molecule has 0 spiro atoms. The molecule has 0 aliphatic heterocycles. The summed E-state index contributed by atoms with van der Waals surface area (Å²) in [6.07, 6.45) is 2.30. The fourth-order valence-corrected chi connectivity index (χ4v) is 4.20. The highest BCUT2D eigenvalue weighted by atomic mass is 32.1. The summed E-state index contributed by atoms with van der Waals surface area (Å²) in [7, 11) is 1.55. The summed E-state index contributed by atoms with van der Waals surface area (Å²) in [5.41, 5.74) is 6.81. The van der Waals surface area contributed by atoms with Crippen molar-refractivity contribution in [3.63, 3.8) is 0 Å². The molecule has 0 unspecified atom stereocenters. The SMILES string of the molecule is CCCCn1c(N)c(N(Cc2ccccc2OC)C(=O)CCc2ccsc2)c(=O)[nH]c1=O. The van der Waals surface area contributed by atoms with E-state index in [-0.39, 0.29) is 30.4 Å². The Labute approximate surface area is 190 Å². The molecule has 9 heteroatoms. The third-order valence-corrected chi connectivity index (χ3v) is 5.98. The second-order valence-corrected chi connectivity index (χ2v) is 8.20. The second-order valence-electron chi connectivity index (χ2n) is 7.42. The molecule has 3 rings (SSSR count). The first-order valence-electron chi connectivity index (χ1n) is 10.5. The van der Waals surface area contributed by atoms with Crippen LogP contribution >= 0.6 is 11.3 Å². The van der Waals surface area contributed by atoms with E-state index >= 15 is 0 Å². The highest BCUT2D eigenvalue weighted by molar-refractivity contribution is 7.07. The number of methoxy groups -OCH3 is 1. The lowest BCUT2D eigenvalue weighted by molar-refractivity contribution is -0.118. The van der Waals surface area contributed by atoms with Crippen molar-refractivity contribution in [1.82, 2.24) is 9.55 Å². The Bertz CT molecular complexity index is 1170. The van der Waals surface area contributed by atoms with Crippen LogP contribution in [0.3, 0.4) is 0 Å². The van der Waals surface area contributed by atoms with Gasteiger partial charge in [0.25, 0.3) is 5.56 Å². The van der Waals surface area contributed by atoms with Crippen molar-refractivity contribution in [2.24, 2.45) is 0 Å². The minimum atomic E-state index is -0.681. The first-order valence-corrected chi connectivity index (χ1v) is 11.5. The zero-order valence-electron chi connectivity index (χ0n) is 18.3. The number of benzene rings is 1. The maximum absolute atomic E-state index is 13.4. The number of hydrogen-bond donors (Lipinski definition) is 2. The highest BCUT2D eigenvalue weighted by Gasteiger charge is 2.25. The average molecular weight is 457 g/mol. The first kappa shape index (κ1) is 23.3. The number of thiophene rings is 1. The predicted octanol–water partition coefficient (Wildman–Crippen LogP) is 3.16. The van der Waals surface area contributed by atoms with Gasteiger partial charge < -0.3 is 10.5 Å². The number of amides is 1. The van der Waals surface area contributed by atoms with Gasteiger partial charge >= 0.3 is 5.69 Å². The van der Waals surface area contributed by atoms with Gasteiger partial charge in [-0.25, -0.2) is 4.79 Å². The highest BCUT2D eigenvalue weighted by Crippen LogP contribution is 2.25. The maximum Gasteiger partial charge on any atom is 0.330 e. The summed E-state index contributed by atoms with van der Waals surface area (Å²) in [5, 5.41) is 3.95. The van der Waals surface area contributed by atoms with Gasteiger partial charge in [-0.1, -0.05) is 31.5 Å². The number of nitrogen functional groups attached to an aromatic ring is 1. The normalized spacial score (nSPS) is 10.8. The lowest BCUT2D eigenvalue weighted by Gasteiger charge is -2.25. The van der Waals surface area contributed by atoms with Gasteiger partial charge in [0, 0.05) is 18.5 Å². The third kappa shape index (κ3) is 5.28. The summed E-state index contributed by atoms with van der Waals surface area (Å²) in [6.45, 7) is 2.44. The van der Waals surface area contributed by atoms with E-state index in [2.05, 4.69) is 4.98 Å². The summed E-state index contributed by atoms with van der Waals surface area (Å²) in [6, 6.07) is 9.25. The molecule has 32 heavy (non-hydrogen) atoms. The van der Waals surface area contributed by atoms with E-state index in [0.29, 0.717) is 25.1 Å². The van der Waals surface area contributed by atoms with Crippen LogP contribution < -0.4 is 26.6 Å². The first-order chi connectivity index (χ1) is 15.5. The lowest BCUT2D eigenvalue weighted by Crippen LogP contribution is -2.41. The Hall–Kier alpha value is -3.33. The van der Waals surface area contributed by atoms with Crippen LogP contribution in [0.4, 0.5) is 11.5 Å². The van der Waals surface area contributed by atoms with E-state index in [1.54, 1.807) is 24.5 Å². The van der Waals surface area contributed by atoms with E-state index in [9.17, 15) is 14.4 Å². The maximum atomic E-state index is 13.4. The molecule has 3 aromatic rings. The van der Waals surface area contributed by atoms with Crippen molar-refractivity contribution < 1.29 is 9.53 Å². The average Bonchev–Trinajstić information content (AvgIpc) is 3.30. The van der Waals surface area contributed by atoms with Gasteiger partial charge in [0.1, 0.15) is 11.6 Å². The molecule has 1 amide bonds. The Morgan fingerprint density at radius 3 is 2.72 bits per heavy atom. The number of nitrogens with two attached hydrogens (primary N) is 1. The van der Waals surface area contributed by atoms with E-state index in [1.165, 1.54) is 9.47 Å². The number of carbonyl (C=O) groups excluding carboxylic acids is 1. The summed E-state index contributed by atoms with van der Waals surface area (Å²) >= 11 is 1.57. The van der Waals surface area contributed by atoms with Gasteiger partial charge in [0.05, 0.1) is 13.7 Å². The number of aryl methyl sites for hydroxylation is 1. The standard InChI is InChI=1S/C23H28N4O4S/c1-3-4-12-26-21(24)20(22(29)25-23(26)30)27(14-17-7-5-6-8-18(17)31-2)19(28)10-9-16-11-13-32-15-16/h5-8,11,13,15H,3-4,9-10,12,14,24H2,1-2H3,(H,25,29,30). The van der Waals surface area contributed by atoms with Crippen molar-refractivity contribution in [3.05, 3.63) is 73.1 Å². The van der Waals surface area contributed by atoms with Crippen LogP contribution in [0.5, 0.6) is 5.75 Å². The molecule has 1 aromatic carbocycles. The van der Waals surface area contributed by atoms with Crippen LogP contribution in [0.1, 0.15) is 37.3 Å². The molecule has 0 fully saturated rings. The van der Waals surface area contributed by atoms with Gasteiger partial charge in [0.15, 0.2) is 5.69 Å². The zero-order valence-corrected chi connectivity index (χ0v) is 19.1. The monoisotopic (exact) mass is 456 g/mol. The van der Waals surface area contributed by atoms with Crippen molar-refractivity contribution in [1.29, 1.82) is 0 Å². The van der Waals surface area contributed by atoms with Crippen molar-refractivity contribution in [2.45, 2.75) is 45.7 Å². The molecule has 0 saturated heterocycles. The van der Waals surface area contributed by atoms with Crippen molar-refractivity contribution >= 4 is 28.7 Å². The fourth-order valence-electron chi connectivity index (χ4n) is 3.49. The number of aromatic nitrogens is 2. The Morgan fingerprint density at radius 1 is 1.25 bits per heavy atom. The number of nitrogens with one attached hydrogen (secondary N) is 1. The molecule has 3 N–H and O–H groups in total. The fraction of sp³-hybridized carbons (Fsp3) is 0.348. The third-order valence-electron chi connectivity index (χ3n) is 5.25. The van der Waals surface area contributed by atoms with Crippen LogP contribution in [0.15, 0.2) is 50.7 Å². The van der Waals surface area contributed by atoms with Gasteiger partial charge in [-0.05, 0) is 41.3 Å². The Kier molecular flexibility index (Phi) is 7.88. The van der Waals surface area contributed by atoms with Gasteiger partial charge in [0.2, 0.25) is 5.91 Å². The van der Waals surface area contributed by atoms with Crippen LogP contribution in [-0.2, 0) is 24.3 Å². The quantitative estimate of drug-likeness (QED) is 0.487. The number of hydrogen-bond acceptors (Lipinski definition) is 6. The predicted molar refractivity (Wildman–Crippen MR) is 127 cm³/mol. The minimum absolute atomic E-state index is 0.00835. The molecule has 2 heterocycles. The van der Waals surface area contributed by atoms with E-state index in [4.69, 9.17) is 10.5 Å². The molecule has 8 nitrogen and oxygen atoms in total. The van der Waals surface area contributed by atoms with Crippen LogP contribution in [0.25, 0.3) is 0 Å². The molecule has 0 aliphatic carbocycles. The number of carbonyl (C=O) groups is 1. The van der Waals surface area contributed by atoms with Crippen molar-refractivity contribution in [2.75, 3.05) is 17.7 Å². The molecule has 170 valence electrons. The smallest absolute Gasteiger partial charge is 0.330 e. The second kappa shape index (κ2) is 10.8. The molecular formula is C23H28N4O4S. The lowest BCUT2D eigenvalue weighted by atomic mass is 10.1. The molecule has 0 bridgehead atoms. The molecular weight excluding hydrogens is 428 g/mol. The van der Waals surface area contributed by atoms with Gasteiger partial charge in [-0.3, -0.25) is 24.0 Å². The summed E-state index contributed by atoms with van der Waals surface area (Å²) < 4.78 is 6.75. The molecule has 0 atom stereocenters. The summed E-state index contributed by atoms with van der Waals surface area (Å²) in [5.74, 6) is 0.323. The molecule has 2 aromatic heterocycles. The number of rotatable bonds is 10. The van der Waals surface area contributed by atoms with Crippen LogP contribution in [0, 0.1) is 0 Å². The Morgan fingerprint density at radius 2 is 2.03 bits per heavy atom. The number of nitrogens with zero attached hydrogens (tertiary/aromatic N) is 2. The van der Waals surface area contributed by atoms with Crippen molar-refractivity contribution in [3.8, 4) is 5.75 Å². The Balaban J connectivity index is 2.04. The number of anilines is 2. The number of ether oxygens (including phenoxy) is 1. The molecule has 0 radical (unpaired) electrons. The van der Waals surface area contributed by atoms with Gasteiger partial charge in [-0.2, -0.15) is 11.3 Å². The van der Waals surface area contributed by atoms with Gasteiger partial charge in [-0.15, -0.1) is 0 Å². The molecule has 0 saturated carbocycles. The number of H-pyrrole nitrogens is 1. The largest absolute Gasteiger partial charge is 0.496 e. The van der Waals surface area contributed by atoms with E-state index < -0.39 is 11.2 Å². The van der Waals surface area contributed by atoms with E-state index in [1.807, 2.05) is 41.9 Å². The van der Waals surface area contributed by atoms with Crippen LogP contribution in [0.2, 0.25) is 0 Å². The summed E-state index contributed by atoms with van der Waals surface area (Å²) in [4.78, 5) is 42.2. The minimum Gasteiger partial charge on any atom is -0.496 e. The topological polar surface area (TPSA) is 110 Å². The van der Waals surface area contributed by atoms with E-state index in [0.717, 1.165) is 17.5 Å². The number of unbranched alkanes of at least 4 members (excludes halogenated alkanes) is 1.